The zero-order valence-electron chi connectivity index (χ0n) is 11.0. The van der Waals surface area contributed by atoms with Crippen LogP contribution in [0.3, 0.4) is 0 Å². The van der Waals surface area contributed by atoms with Gasteiger partial charge in [0.25, 0.3) is 0 Å². The van der Waals surface area contributed by atoms with E-state index in [1.54, 1.807) is 0 Å². The molecule has 0 saturated carbocycles. The minimum absolute atomic E-state index is 0.0958. The van der Waals surface area contributed by atoms with Gasteiger partial charge in [-0.2, -0.15) is 0 Å². The van der Waals surface area contributed by atoms with E-state index in [9.17, 15) is 4.79 Å². The van der Waals surface area contributed by atoms with Gasteiger partial charge >= 0.3 is 6.09 Å². The van der Waals surface area contributed by atoms with E-state index in [0.29, 0.717) is 13.2 Å². The van der Waals surface area contributed by atoms with E-state index >= 15 is 0 Å². The van der Waals surface area contributed by atoms with Crippen LogP contribution in [-0.4, -0.2) is 19.3 Å². The number of hydrogen-bond acceptors (Lipinski definition) is 3. The molecule has 1 atom stereocenters. The van der Waals surface area contributed by atoms with Crippen LogP contribution in [0, 0.1) is 5.41 Å². The fraction of sp³-hybridized carbons (Fsp3) is 0.500. The first-order valence-electron chi connectivity index (χ1n) is 6.19. The van der Waals surface area contributed by atoms with Gasteiger partial charge in [0.15, 0.2) is 0 Å². The minimum Gasteiger partial charge on any atom is -0.494 e. The maximum Gasteiger partial charge on any atom is 0.407 e. The summed E-state index contributed by atoms with van der Waals surface area (Å²) in [6, 6.07) is 7.71. The lowest BCUT2D eigenvalue weighted by atomic mass is 9.80. The molecule has 18 heavy (non-hydrogen) atoms. The lowest BCUT2D eigenvalue weighted by Crippen LogP contribution is -2.47. The predicted octanol–water partition coefficient (Wildman–Crippen LogP) is 2.89. The molecule has 0 radical (unpaired) electrons. The van der Waals surface area contributed by atoms with Gasteiger partial charge in [0.05, 0.1) is 12.6 Å². The first-order chi connectivity index (χ1) is 8.54. The van der Waals surface area contributed by atoms with Crippen molar-refractivity contribution >= 4 is 6.09 Å². The molecule has 4 nitrogen and oxygen atoms in total. The molecule has 1 saturated heterocycles. The van der Waals surface area contributed by atoms with Gasteiger partial charge in [-0.1, -0.05) is 32.0 Å². The molecule has 0 bridgehead atoms. The van der Waals surface area contributed by atoms with Crippen molar-refractivity contribution in [3.05, 3.63) is 29.8 Å². The van der Waals surface area contributed by atoms with Gasteiger partial charge in [-0.05, 0) is 13.0 Å². The van der Waals surface area contributed by atoms with Crippen molar-refractivity contribution in [1.29, 1.82) is 0 Å². The highest BCUT2D eigenvalue weighted by molar-refractivity contribution is 5.69. The zero-order chi connectivity index (χ0) is 13.2. The second-order valence-electron chi connectivity index (χ2n) is 5.11. The van der Waals surface area contributed by atoms with E-state index in [2.05, 4.69) is 19.2 Å². The second kappa shape index (κ2) is 4.88. The molecule has 2 rings (SSSR count). The van der Waals surface area contributed by atoms with Crippen molar-refractivity contribution in [2.75, 3.05) is 13.2 Å². The third-order valence-electron chi connectivity index (χ3n) is 3.15. The smallest absolute Gasteiger partial charge is 0.407 e. The Morgan fingerprint density at radius 2 is 2.17 bits per heavy atom. The number of rotatable bonds is 3. The molecule has 1 aromatic rings. The molecule has 1 aromatic carbocycles. The van der Waals surface area contributed by atoms with Crippen LogP contribution in [0.15, 0.2) is 24.3 Å². The molecular formula is C14H19NO3. The predicted molar refractivity (Wildman–Crippen MR) is 68.6 cm³/mol. The monoisotopic (exact) mass is 249 g/mol. The van der Waals surface area contributed by atoms with E-state index in [-0.39, 0.29) is 17.6 Å². The number of alkyl carbamates (subject to hydrolysis) is 1. The van der Waals surface area contributed by atoms with Gasteiger partial charge in [0.1, 0.15) is 12.4 Å². The van der Waals surface area contributed by atoms with E-state index in [0.717, 1.165) is 11.3 Å². The summed E-state index contributed by atoms with van der Waals surface area (Å²) in [5.74, 6) is 0.820. The van der Waals surface area contributed by atoms with E-state index in [1.807, 2.05) is 31.2 Å². The maximum absolute atomic E-state index is 11.4. The fourth-order valence-electron chi connectivity index (χ4n) is 2.19. The van der Waals surface area contributed by atoms with Crippen LogP contribution >= 0.6 is 0 Å². The average Bonchev–Trinajstić information content (AvgIpc) is 2.34. The number of ether oxygens (including phenoxy) is 2. The fourth-order valence-corrected chi connectivity index (χ4v) is 2.19. The number of para-hydroxylation sites is 1. The summed E-state index contributed by atoms with van der Waals surface area (Å²) in [4.78, 5) is 11.4. The molecule has 1 heterocycles. The molecule has 4 heteroatoms. The average molecular weight is 249 g/mol. The van der Waals surface area contributed by atoms with E-state index < -0.39 is 0 Å². The molecule has 98 valence electrons. The van der Waals surface area contributed by atoms with Crippen LogP contribution in [0.1, 0.15) is 32.4 Å². The molecule has 1 fully saturated rings. The summed E-state index contributed by atoms with van der Waals surface area (Å²) < 4.78 is 10.7. The van der Waals surface area contributed by atoms with Crippen molar-refractivity contribution in [2.24, 2.45) is 5.41 Å². The number of carbonyl (C=O) groups is 1. The second-order valence-corrected chi connectivity index (χ2v) is 5.11. The Bertz CT molecular complexity index is 442. The molecule has 0 aromatic heterocycles. The molecule has 1 aliphatic heterocycles. The van der Waals surface area contributed by atoms with Crippen molar-refractivity contribution < 1.29 is 14.3 Å². The van der Waals surface area contributed by atoms with Crippen LogP contribution < -0.4 is 10.1 Å². The Morgan fingerprint density at radius 3 is 2.89 bits per heavy atom. The lowest BCUT2D eigenvalue weighted by molar-refractivity contribution is 0.0379. The summed E-state index contributed by atoms with van der Waals surface area (Å²) in [6.45, 7) is 7.10. The Hall–Kier alpha value is -1.71. The summed E-state index contributed by atoms with van der Waals surface area (Å²) >= 11 is 0. The van der Waals surface area contributed by atoms with Crippen LogP contribution in [0.4, 0.5) is 4.79 Å². The van der Waals surface area contributed by atoms with Crippen molar-refractivity contribution in [2.45, 2.75) is 26.8 Å². The number of amides is 1. The third kappa shape index (κ3) is 2.42. The summed E-state index contributed by atoms with van der Waals surface area (Å²) in [7, 11) is 0. The van der Waals surface area contributed by atoms with E-state index in [4.69, 9.17) is 9.47 Å². The Labute approximate surface area is 107 Å². The maximum atomic E-state index is 11.4. The standard InChI is InChI=1S/C14H19NO3/c1-4-17-11-8-6-5-7-10(11)12-14(2,3)9-18-13(16)15-12/h5-8,12H,4,9H2,1-3H3,(H,15,16)/t12-/m1/s1. The SMILES string of the molecule is CCOc1ccccc1[C@H]1NC(=O)OCC1(C)C. The molecule has 1 N–H and O–H groups in total. The Morgan fingerprint density at radius 1 is 1.44 bits per heavy atom. The van der Waals surface area contributed by atoms with E-state index in [1.165, 1.54) is 0 Å². The lowest BCUT2D eigenvalue weighted by Gasteiger charge is -2.39. The van der Waals surface area contributed by atoms with Crippen LogP contribution in [0.25, 0.3) is 0 Å². The third-order valence-corrected chi connectivity index (χ3v) is 3.15. The topological polar surface area (TPSA) is 47.6 Å². The number of nitrogens with one attached hydrogen (secondary N) is 1. The Kier molecular flexibility index (Phi) is 3.45. The number of benzene rings is 1. The quantitative estimate of drug-likeness (QED) is 0.896. The van der Waals surface area contributed by atoms with Gasteiger partial charge in [0, 0.05) is 11.0 Å². The van der Waals surface area contributed by atoms with Crippen molar-refractivity contribution in [1.82, 2.24) is 5.32 Å². The van der Waals surface area contributed by atoms with Crippen LogP contribution in [0.5, 0.6) is 5.75 Å². The first kappa shape index (κ1) is 12.7. The molecule has 0 unspecified atom stereocenters. The summed E-state index contributed by atoms with van der Waals surface area (Å²) in [5, 5.41) is 2.88. The highest BCUT2D eigenvalue weighted by atomic mass is 16.6. The van der Waals surface area contributed by atoms with Crippen molar-refractivity contribution in [3.8, 4) is 5.75 Å². The van der Waals surface area contributed by atoms with Crippen LogP contribution in [-0.2, 0) is 4.74 Å². The van der Waals surface area contributed by atoms with Gasteiger partial charge < -0.3 is 14.8 Å². The number of cyclic esters (lactones) is 1. The van der Waals surface area contributed by atoms with Gasteiger partial charge in [-0.25, -0.2) is 4.79 Å². The summed E-state index contributed by atoms with van der Waals surface area (Å²) in [6.07, 6.45) is -0.370. The van der Waals surface area contributed by atoms with Crippen LogP contribution in [0.2, 0.25) is 0 Å². The summed E-state index contributed by atoms with van der Waals surface area (Å²) in [5.41, 5.74) is 0.835. The first-order valence-corrected chi connectivity index (χ1v) is 6.19. The minimum atomic E-state index is -0.370. The molecule has 0 aliphatic carbocycles. The van der Waals surface area contributed by atoms with Crippen molar-refractivity contribution in [3.63, 3.8) is 0 Å². The Balaban J connectivity index is 2.36. The molecular weight excluding hydrogens is 230 g/mol. The molecule has 1 amide bonds. The molecule has 0 spiro atoms. The normalized spacial score (nSPS) is 21.9. The van der Waals surface area contributed by atoms with Gasteiger partial charge in [-0.3, -0.25) is 0 Å². The zero-order valence-corrected chi connectivity index (χ0v) is 11.0. The highest BCUT2D eigenvalue weighted by Gasteiger charge is 2.39. The molecule has 1 aliphatic rings. The highest BCUT2D eigenvalue weighted by Crippen LogP contribution is 2.40. The van der Waals surface area contributed by atoms with Gasteiger partial charge in [0.2, 0.25) is 0 Å². The van der Waals surface area contributed by atoms with Gasteiger partial charge in [-0.15, -0.1) is 0 Å². The number of hydrogen-bond donors (Lipinski definition) is 1. The number of carbonyl (C=O) groups excluding carboxylic acids is 1. The largest absolute Gasteiger partial charge is 0.494 e.